The molecule has 0 aliphatic carbocycles. The first-order chi connectivity index (χ1) is 13.4. The van der Waals surface area contributed by atoms with Gasteiger partial charge in [-0.05, 0) is 38.8 Å². The van der Waals surface area contributed by atoms with E-state index in [0.29, 0.717) is 42.5 Å². The maximum absolute atomic E-state index is 12.0. The molecule has 3 rings (SSSR count). The predicted molar refractivity (Wildman–Crippen MR) is 102 cm³/mol. The van der Waals surface area contributed by atoms with Crippen molar-refractivity contribution < 1.29 is 17.7 Å². The summed E-state index contributed by atoms with van der Waals surface area (Å²) in [5.41, 5.74) is 0.604. The van der Waals surface area contributed by atoms with Gasteiger partial charge in [0.25, 0.3) is 10.0 Å². The van der Waals surface area contributed by atoms with Crippen LogP contribution in [-0.4, -0.2) is 36.8 Å². The minimum Gasteiger partial charge on any atom is -0.345 e. The van der Waals surface area contributed by atoms with Gasteiger partial charge >= 0.3 is 0 Å². The largest absolute Gasteiger partial charge is 0.345 e. The van der Waals surface area contributed by atoms with Gasteiger partial charge in [0.2, 0.25) is 11.8 Å². The van der Waals surface area contributed by atoms with Gasteiger partial charge in [0.15, 0.2) is 5.82 Å². The SMILES string of the molecule is Cc1noc(C(C)NC(=O)CCCCCN=C2NS(=O)(=O)c3ccccc32)n1. The summed E-state index contributed by atoms with van der Waals surface area (Å²) < 4.78 is 31.5. The smallest absolute Gasteiger partial charge is 0.263 e. The summed E-state index contributed by atoms with van der Waals surface area (Å²) in [6.45, 7) is 4.01. The summed E-state index contributed by atoms with van der Waals surface area (Å²) in [5, 5.41) is 6.53. The van der Waals surface area contributed by atoms with Gasteiger partial charge in [0.1, 0.15) is 11.9 Å². The first-order valence-electron chi connectivity index (χ1n) is 9.13. The number of fused-ring (bicyclic) bond motifs is 1. The molecule has 1 amide bonds. The molecule has 28 heavy (non-hydrogen) atoms. The van der Waals surface area contributed by atoms with Crippen molar-refractivity contribution in [1.82, 2.24) is 20.2 Å². The van der Waals surface area contributed by atoms with E-state index >= 15 is 0 Å². The number of amidine groups is 1. The second-order valence-corrected chi connectivity index (χ2v) is 8.26. The number of amides is 1. The highest BCUT2D eigenvalue weighted by Gasteiger charge is 2.29. The molecule has 1 atom stereocenters. The van der Waals surface area contributed by atoms with Crippen molar-refractivity contribution in [2.75, 3.05) is 6.54 Å². The standard InChI is InChI=1S/C18H23N5O4S/c1-12(18-21-13(2)22-27-18)20-16(24)10-4-3-7-11-19-17-14-8-5-6-9-15(14)28(25,26)23-17/h5-6,8-9,12H,3-4,7,10-11H2,1-2H3,(H,19,23)(H,20,24). The number of carbonyl (C=O) groups is 1. The van der Waals surface area contributed by atoms with Crippen LogP contribution in [0.1, 0.15) is 55.9 Å². The molecule has 10 heteroatoms. The van der Waals surface area contributed by atoms with Crippen molar-refractivity contribution in [2.24, 2.45) is 4.99 Å². The average molecular weight is 405 g/mol. The van der Waals surface area contributed by atoms with Crippen LogP contribution in [0, 0.1) is 6.92 Å². The van der Waals surface area contributed by atoms with E-state index in [2.05, 4.69) is 25.2 Å². The summed E-state index contributed by atoms with van der Waals surface area (Å²) in [7, 11) is -3.50. The second-order valence-electron chi connectivity index (χ2n) is 6.61. The third kappa shape index (κ3) is 4.75. The van der Waals surface area contributed by atoms with Crippen LogP contribution in [0.4, 0.5) is 0 Å². The highest BCUT2D eigenvalue weighted by atomic mass is 32.2. The van der Waals surface area contributed by atoms with E-state index in [1.165, 1.54) is 0 Å². The summed E-state index contributed by atoms with van der Waals surface area (Å²) in [6, 6.07) is 6.45. The molecule has 2 heterocycles. The fraction of sp³-hybridized carbons (Fsp3) is 0.444. The van der Waals surface area contributed by atoms with Crippen LogP contribution in [-0.2, 0) is 14.8 Å². The van der Waals surface area contributed by atoms with Crippen LogP contribution in [0.15, 0.2) is 38.7 Å². The second kappa shape index (κ2) is 8.51. The first-order valence-corrected chi connectivity index (χ1v) is 10.6. The maximum Gasteiger partial charge on any atom is 0.263 e. The number of aryl methyl sites for hydroxylation is 1. The highest BCUT2D eigenvalue weighted by Crippen LogP contribution is 2.22. The molecule has 0 saturated heterocycles. The molecule has 1 aromatic carbocycles. The number of hydrogen-bond donors (Lipinski definition) is 2. The lowest BCUT2D eigenvalue weighted by Crippen LogP contribution is -2.26. The molecule has 0 fully saturated rings. The summed E-state index contributed by atoms with van der Waals surface area (Å²) >= 11 is 0. The zero-order valence-corrected chi connectivity index (χ0v) is 16.6. The van der Waals surface area contributed by atoms with E-state index in [4.69, 9.17) is 4.52 Å². The van der Waals surface area contributed by atoms with Crippen molar-refractivity contribution in [3.8, 4) is 0 Å². The first kappa shape index (κ1) is 20.0. The molecule has 2 aromatic rings. The Hall–Kier alpha value is -2.75. The molecule has 0 bridgehead atoms. The molecular formula is C18H23N5O4S. The highest BCUT2D eigenvalue weighted by molar-refractivity contribution is 7.90. The van der Waals surface area contributed by atoms with Crippen molar-refractivity contribution >= 4 is 21.8 Å². The van der Waals surface area contributed by atoms with E-state index in [-0.39, 0.29) is 16.8 Å². The number of benzene rings is 1. The molecule has 1 aliphatic rings. The van der Waals surface area contributed by atoms with E-state index in [1.807, 2.05) is 0 Å². The van der Waals surface area contributed by atoms with Crippen molar-refractivity contribution in [1.29, 1.82) is 0 Å². The zero-order valence-electron chi connectivity index (χ0n) is 15.8. The Morgan fingerprint density at radius 1 is 1.29 bits per heavy atom. The maximum atomic E-state index is 12.0. The van der Waals surface area contributed by atoms with Gasteiger partial charge < -0.3 is 9.84 Å². The normalized spacial score (nSPS) is 17.1. The monoisotopic (exact) mass is 405 g/mol. The lowest BCUT2D eigenvalue weighted by atomic mass is 10.1. The van der Waals surface area contributed by atoms with E-state index in [0.717, 1.165) is 12.8 Å². The number of unbranched alkanes of at least 4 members (excludes halogenated alkanes) is 2. The van der Waals surface area contributed by atoms with Crippen molar-refractivity contribution in [3.05, 3.63) is 41.5 Å². The zero-order chi connectivity index (χ0) is 20.1. The molecule has 0 radical (unpaired) electrons. The molecule has 9 nitrogen and oxygen atoms in total. The van der Waals surface area contributed by atoms with Crippen LogP contribution in [0.2, 0.25) is 0 Å². The minimum absolute atomic E-state index is 0.0767. The van der Waals surface area contributed by atoms with Crippen LogP contribution in [0.5, 0.6) is 0 Å². The van der Waals surface area contributed by atoms with Crippen molar-refractivity contribution in [3.63, 3.8) is 0 Å². The topological polar surface area (TPSA) is 127 Å². The lowest BCUT2D eigenvalue weighted by molar-refractivity contribution is -0.122. The Morgan fingerprint density at radius 3 is 2.82 bits per heavy atom. The lowest BCUT2D eigenvalue weighted by Gasteiger charge is -2.09. The Morgan fingerprint density at radius 2 is 2.07 bits per heavy atom. The summed E-state index contributed by atoms with van der Waals surface area (Å²) in [4.78, 5) is 20.7. The number of rotatable bonds is 8. The average Bonchev–Trinajstić information content (AvgIpc) is 3.20. The van der Waals surface area contributed by atoms with Gasteiger partial charge in [-0.15, -0.1) is 0 Å². The number of aromatic nitrogens is 2. The van der Waals surface area contributed by atoms with Gasteiger partial charge in [-0.1, -0.05) is 23.7 Å². The van der Waals surface area contributed by atoms with Crippen LogP contribution >= 0.6 is 0 Å². The van der Waals surface area contributed by atoms with Gasteiger partial charge in [0, 0.05) is 18.5 Å². The Balaban J connectivity index is 1.39. The summed E-state index contributed by atoms with van der Waals surface area (Å²) in [5.74, 6) is 1.23. The van der Waals surface area contributed by atoms with E-state index < -0.39 is 10.0 Å². The van der Waals surface area contributed by atoms with Crippen molar-refractivity contribution in [2.45, 2.75) is 50.5 Å². The number of nitrogens with zero attached hydrogens (tertiary/aromatic N) is 3. The van der Waals surface area contributed by atoms with E-state index in [9.17, 15) is 13.2 Å². The quantitative estimate of drug-likeness (QED) is 0.646. The fourth-order valence-electron chi connectivity index (χ4n) is 2.88. The van der Waals surface area contributed by atoms with Gasteiger partial charge in [-0.25, -0.2) is 8.42 Å². The molecule has 0 spiro atoms. The van der Waals surface area contributed by atoms with Crippen LogP contribution < -0.4 is 10.0 Å². The minimum atomic E-state index is -3.50. The number of hydrogen-bond acceptors (Lipinski definition) is 7. The predicted octanol–water partition coefficient (Wildman–Crippen LogP) is 1.85. The Bertz CT molecular complexity index is 983. The van der Waals surface area contributed by atoms with Crippen LogP contribution in [0.25, 0.3) is 0 Å². The Kier molecular flexibility index (Phi) is 6.08. The third-order valence-corrected chi connectivity index (χ3v) is 5.68. The van der Waals surface area contributed by atoms with E-state index in [1.54, 1.807) is 38.1 Å². The Labute approximate surface area is 163 Å². The molecule has 0 saturated carbocycles. The molecular weight excluding hydrogens is 382 g/mol. The molecule has 2 N–H and O–H groups in total. The molecule has 150 valence electrons. The number of aliphatic imine (C=N–C) groups is 1. The van der Waals surface area contributed by atoms with Gasteiger partial charge in [0.05, 0.1) is 4.90 Å². The molecule has 1 aromatic heterocycles. The van der Waals surface area contributed by atoms with Gasteiger partial charge in [-0.2, -0.15) is 4.98 Å². The number of sulfonamides is 1. The molecule has 1 aliphatic heterocycles. The van der Waals surface area contributed by atoms with Crippen LogP contribution in [0.3, 0.4) is 0 Å². The summed E-state index contributed by atoms with van der Waals surface area (Å²) in [6.07, 6.45) is 2.68. The molecule has 1 unspecified atom stereocenters. The number of carbonyl (C=O) groups excluding carboxylic acids is 1. The van der Waals surface area contributed by atoms with Gasteiger partial charge in [-0.3, -0.25) is 14.5 Å². The fourth-order valence-corrected chi connectivity index (χ4v) is 4.13. The third-order valence-electron chi connectivity index (χ3n) is 4.29. The number of nitrogens with one attached hydrogen (secondary N) is 2.